The molecule has 0 nitrogen and oxygen atoms in total. The number of hydrogen-bond donors (Lipinski definition) is 0. The Bertz CT molecular complexity index is 94.6. The monoisotopic (exact) mass is 168 g/mol. The second-order valence-electron chi connectivity index (χ2n) is 4.33. The standard InChI is InChI=1S/C12H24/c1-3-11(4-2)12-9-7-5-6-8-10-12/h11-12H,3-10H2,1-2H3. The van der Waals surface area contributed by atoms with E-state index in [1.807, 2.05) is 0 Å². The Morgan fingerprint density at radius 1 is 0.917 bits per heavy atom. The summed E-state index contributed by atoms with van der Waals surface area (Å²) in [4.78, 5) is 0. The van der Waals surface area contributed by atoms with Crippen LogP contribution in [0.15, 0.2) is 0 Å². The van der Waals surface area contributed by atoms with Crippen molar-refractivity contribution in [2.45, 2.75) is 65.2 Å². The normalized spacial score (nSPS) is 21.2. The van der Waals surface area contributed by atoms with E-state index in [0.29, 0.717) is 0 Å². The highest BCUT2D eigenvalue weighted by Crippen LogP contribution is 2.32. The van der Waals surface area contributed by atoms with Crippen molar-refractivity contribution in [3.05, 3.63) is 0 Å². The molecule has 1 rings (SSSR count). The SMILES string of the molecule is CCC(CC)C1CCCCCC1. The molecule has 0 heterocycles. The zero-order valence-electron chi connectivity index (χ0n) is 8.81. The van der Waals surface area contributed by atoms with Crippen molar-refractivity contribution in [1.29, 1.82) is 0 Å². The van der Waals surface area contributed by atoms with Crippen LogP contribution in [0, 0.1) is 11.8 Å². The van der Waals surface area contributed by atoms with Crippen molar-refractivity contribution in [2.75, 3.05) is 0 Å². The minimum atomic E-state index is 1.03. The lowest BCUT2D eigenvalue weighted by atomic mass is 9.83. The molecule has 72 valence electrons. The Morgan fingerprint density at radius 2 is 1.42 bits per heavy atom. The molecule has 0 aromatic rings. The van der Waals surface area contributed by atoms with Crippen molar-refractivity contribution in [2.24, 2.45) is 11.8 Å². The van der Waals surface area contributed by atoms with Gasteiger partial charge in [0.25, 0.3) is 0 Å². The summed E-state index contributed by atoms with van der Waals surface area (Å²) in [6, 6.07) is 0. The molecule has 0 saturated heterocycles. The summed E-state index contributed by atoms with van der Waals surface area (Å²) in [6.07, 6.45) is 11.8. The Labute approximate surface area is 77.7 Å². The van der Waals surface area contributed by atoms with Gasteiger partial charge < -0.3 is 0 Å². The molecule has 0 radical (unpaired) electrons. The van der Waals surface area contributed by atoms with Crippen LogP contribution in [0.3, 0.4) is 0 Å². The maximum Gasteiger partial charge on any atom is -0.0386 e. The molecule has 0 unspecified atom stereocenters. The molecule has 1 saturated carbocycles. The minimum Gasteiger partial charge on any atom is -0.0651 e. The van der Waals surface area contributed by atoms with Gasteiger partial charge in [-0.05, 0) is 11.8 Å². The van der Waals surface area contributed by atoms with Crippen LogP contribution in [0.2, 0.25) is 0 Å². The van der Waals surface area contributed by atoms with Gasteiger partial charge in [0.15, 0.2) is 0 Å². The van der Waals surface area contributed by atoms with Gasteiger partial charge in [-0.25, -0.2) is 0 Å². The van der Waals surface area contributed by atoms with Crippen LogP contribution in [-0.2, 0) is 0 Å². The van der Waals surface area contributed by atoms with Crippen molar-refractivity contribution in [1.82, 2.24) is 0 Å². The van der Waals surface area contributed by atoms with Crippen LogP contribution >= 0.6 is 0 Å². The molecule has 1 aliphatic rings. The molecule has 0 spiro atoms. The van der Waals surface area contributed by atoms with E-state index in [9.17, 15) is 0 Å². The Kier molecular flexibility index (Phi) is 4.72. The molecule has 0 amide bonds. The smallest absolute Gasteiger partial charge is 0.0386 e. The summed E-state index contributed by atoms with van der Waals surface area (Å²) in [6.45, 7) is 4.72. The summed E-state index contributed by atoms with van der Waals surface area (Å²) >= 11 is 0. The van der Waals surface area contributed by atoms with Crippen molar-refractivity contribution in [3.8, 4) is 0 Å². The van der Waals surface area contributed by atoms with Crippen molar-refractivity contribution >= 4 is 0 Å². The van der Waals surface area contributed by atoms with Crippen LogP contribution in [0.5, 0.6) is 0 Å². The largest absolute Gasteiger partial charge is 0.0651 e. The molecule has 1 fully saturated rings. The fraction of sp³-hybridized carbons (Fsp3) is 1.00. The maximum absolute atomic E-state index is 2.36. The van der Waals surface area contributed by atoms with E-state index in [0.717, 1.165) is 11.8 Å². The van der Waals surface area contributed by atoms with Crippen LogP contribution in [-0.4, -0.2) is 0 Å². The minimum absolute atomic E-state index is 1.03. The van der Waals surface area contributed by atoms with Gasteiger partial charge in [0.2, 0.25) is 0 Å². The second-order valence-corrected chi connectivity index (χ2v) is 4.33. The Hall–Kier alpha value is 0. The van der Waals surface area contributed by atoms with Gasteiger partial charge in [0, 0.05) is 0 Å². The highest BCUT2D eigenvalue weighted by molar-refractivity contribution is 4.71. The van der Waals surface area contributed by atoms with E-state index in [1.165, 1.54) is 51.4 Å². The van der Waals surface area contributed by atoms with Gasteiger partial charge in [-0.3, -0.25) is 0 Å². The summed E-state index contributed by atoms with van der Waals surface area (Å²) in [5, 5.41) is 0. The third-order valence-electron chi connectivity index (χ3n) is 3.62. The Balaban J connectivity index is 2.35. The zero-order chi connectivity index (χ0) is 8.81. The predicted molar refractivity (Wildman–Crippen MR) is 55.3 cm³/mol. The molecule has 12 heavy (non-hydrogen) atoms. The van der Waals surface area contributed by atoms with Crippen LogP contribution in [0.1, 0.15) is 65.2 Å². The van der Waals surface area contributed by atoms with Gasteiger partial charge in [-0.15, -0.1) is 0 Å². The number of hydrogen-bond acceptors (Lipinski definition) is 0. The van der Waals surface area contributed by atoms with Crippen LogP contribution < -0.4 is 0 Å². The fourth-order valence-electron chi connectivity index (χ4n) is 2.74. The molecule has 1 aliphatic carbocycles. The zero-order valence-corrected chi connectivity index (χ0v) is 8.81. The molecule has 0 bridgehead atoms. The first-order chi connectivity index (χ1) is 5.88. The molecule has 0 atom stereocenters. The lowest BCUT2D eigenvalue weighted by molar-refractivity contribution is 0.281. The summed E-state index contributed by atoms with van der Waals surface area (Å²) in [5.41, 5.74) is 0. The summed E-state index contributed by atoms with van der Waals surface area (Å²) in [7, 11) is 0. The van der Waals surface area contributed by atoms with Crippen LogP contribution in [0.25, 0.3) is 0 Å². The average Bonchev–Trinajstić information content (AvgIpc) is 2.35. The fourth-order valence-corrected chi connectivity index (χ4v) is 2.74. The molecule has 0 aliphatic heterocycles. The van der Waals surface area contributed by atoms with E-state index in [2.05, 4.69) is 13.8 Å². The highest BCUT2D eigenvalue weighted by atomic mass is 14.2. The van der Waals surface area contributed by atoms with E-state index in [4.69, 9.17) is 0 Å². The van der Waals surface area contributed by atoms with Gasteiger partial charge in [-0.2, -0.15) is 0 Å². The topological polar surface area (TPSA) is 0 Å². The van der Waals surface area contributed by atoms with Gasteiger partial charge in [-0.1, -0.05) is 65.2 Å². The Morgan fingerprint density at radius 3 is 1.83 bits per heavy atom. The molecule has 0 heteroatoms. The first kappa shape index (κ1) is 10.1. The highest BCUT2D eigenvalue weighted by Gasteiger charge is 2.19. The van der Waals surface area contributed by atoms with Crippen LogP contribution in [0.4, 0.5) is 0 Å². The van der Waals surface area contributed by atoms with Gasteiger partial charge in [0.05, 0.1) is 0 Å². The summed E-state index contributed by atoms with van der Waals surface area (Å²) < 4.78 is 0. The third kappa shape index (κ3) is 2.80. The lowest BCUT2D eigenvalue weighted by Gasteiger charge is -2.23. The number of rotatable bonds is 3. The van der Waals surface area contributed by atoms with Gasteiger partial charge >= 0.3 is 0 Å². The quantitative estimate of drug-likeness (QED) is 0.548. The van der Waals surface area contributed by atoms with E-state index >= 15 is 0 Å². The first-order valence-electron chi connectivity index (χ1n) is 5.88. The lowest BCUT2D eigenvalue weighted by Crippen LogP contribution is -2.12. The third-order valence-corrected chi connectivity index (χ3v) is 3.62. The molecular formula is C12H24. The molecule has 0 N–H and O–H groups in total. The van der Waals surface area contributed by atoms with Crippen molar-refractivity contribution < 1.29 is 0 Å². The van der Waals surface area contributed by atoms with Crippen molar-refractivity contribution in [3.63, 3.8) is 0 Å². The molecule has 0 aromatic heterocycles. The van der Waals surface area contributed by atoms with E-state index in [1.54, 1.807) is 0 Å². The first-order valence-corrected chi connectivity index (χ1v) is 5.88. The average molecular weight is 168 g/mol. The van der Waals surface area contributed by atoms with E-state index in [-0.39, 0.29) is 0 Å². The van der Waals surface area contributed by atoms with E-state index < -0.39 is 0 Å². The molecule has 0 aromatic carbocycles. The predicted octanol–water partition coefficient (Wildman–Crippen LogP) is 4.39. The van der Waals surface area contributed by atoms with Gasteiger partial charge in [0.1, 0.15) is 0 Å². The maximum atomic E-state index is 2.36. The summed E-state index contributed by atoms with van der Waals surface area (Å²) in [5.74, 6) is 2.10. The second kappa shape index (κ2) is 5.61. The molecular weight excluding hydrogens is 144 g/mol.